The molecule has 194 valence electrons. The number of nitrogens with zero attached hydrogens (tertiary/aromatic N) is 1. The predicted molar refractivity (Wildman–Crippen MR) is 151 cm³/mol. The molecule has 0 radical (unpaired) electrons. The maximum Gasteiger partial charge on any atom is 0.255 e. The van der Waals surface area contributed by atoms with Gasteiger partial charge < -0.3 is 10.6 Å². The molecule has 4 rings (SSSR count). The number of rotatable bonds is 9. The Hall–Kier alpha value is -4.43. The van der Waals surface area contributed by atoms with E-state index in [1.807, 2.05) is 55.5 Å². The molecule has 0 bridgehead atoms. The summed E-state index contributed by atoms with van der Waals surface area (Å²) in [6.07, 6.45) is 1.17. The van der Waals surface area contributed by atoms with Crippen molar-refractivity contribution in [2.24, 2.45) is 0 Å². The molecular weight excluding hydrogens is 498 g/mol. The lowest BCUT2D eigenvalue weighted by atomic mass is 10.1. The van der Waals surface area contributed by atoms with E-state index < -0.39 is 10.0 Å². The number of hydrogen-bond acceptors (Lipinski definition) is 4. The summed E-state index contributed by atoms with van der Waals surface area (Å²) in [5.74, 6) is -0.671. The fraction of sp³-hybridized carbons (Fsp3) is 0.133. The van der Waals surface area contributed by atoms with Gasteiger partial charge in [-0.1, -0.05) is 66.7 Å². The topological polar surface area (TPSA) is 95.6 Å². The normalized spacial score (nSPS) is 11.0. The molecule has 4 aromatic carbocycles. The second-order valence-electron chi connectivity index (χ2n) is 8.97. The van der Waals surface area contributed by atoms with E-state index in [2.05, 4.69) is 10.6 Å². The van der Waals surface area contributed by atoms with Crippen LogP contribution >= 0.6 is 0 Å². The highest BCUT2D eigenvalue weighted by Gasteiger charge is 2.19. The Morgan fingerprint density at radius 1 is 0.763 bits per heavy atom. The molecule has 0 saturated heterocycles. The molecule has 0 aliphatic heterocycles. The molecule has 0 aliphatic rings. The number of nitrogens with one attached hydrogen (secondary N) is 2. The van der Waals surface area contributed by atoms with Crippen LogP contribution in [0.1, 0.15) is 37.4 Å². The minimum Gasteiger partial charge on any atom is -0.348 e. The molecular formula is C30H29N3O4S. The molecule has 0 aliphatic carbocycles. The van der Waals surface area contributed by atoms with Gasteiger partial charge >= 0.3 is 0 Å². The Kier molecular flexibility index (Phi) is 8.23. The fourth-order valence-corrected chi connectivity index (χ4v) is 4.85. The number of benzene rings is 4. The van der Waals surface area contributed by atoms with Gasteiger partial charge in [-0.15, -0.1) is 0 Å². The van der Waals surface area contributed by atoms with Gasteiger partial charge in [0, 0.05) is 12.1 Å². The number of sulfonamides is 1. The average molecular weight is 528 g/mol. The lowest BCUT2D eigenvalue weighted by Gasteiger charge is -2.23. The van der Waals surface area contributed by atoms with Gasteiger partial charge in [-0.2, -0.15) is 0 Å². The molecule has 2 amide bonds. The average Bonchev–Trinajstić information content (AvgIpc) is 2.91. The first-order chi connectivity index (χ1) is 18.2. The minimum atomic E-state index is -3.52. The molecule has 0 saturated carbocycles. The van der Waals surface area contributed by atoms with Crippen molar-refractivity contribution >= 4 is 33.2 Å². The molecule has 0 spiro atoms. The zero-order chi connectivity index (χ0) is 27.1. The second-order valence-corrected chi connectivity index (χ2v) is 10.9. The van der Waals surface area contributed by atoms with Gasteiger partial charge in [-0.25, -0.2) is 8.42 Å². The van der Waals surface area contributed by atoms with Crippen LogP contribution in [0.5, 0.6) is 0 Å². The second kappa shape index (κ2) is 11.7. The monoisotopic (exact) mass is 527 g/mol. The quantitative estimate of drug-likeness (QED) is 0.315. The third-order valence-corrected chi connectivity index (χ3v) is 7.09. The summed E-state index contributed by atoms with van der Waals surface area (Å²) in [5.41, 5.74) is 4.38. The van der Waals surface area contributed by atoms with Crippen molar-refractivity contribution in [3.05, 3.63) is 131 Å². The summed E-state index contributed by atoms with van der Waals surface area (Å²) in [5, 5.41) is 5.70. The highest BCUT2D eigenvalue weighted by molar-refractivity contribution is 7.92. The highest BCUT2D eigenvalue weighted by atomic mass is 32.2. The summed E-state index contributed by atoms with van der Waals surface area (Å²) >= 11 is 0. The molecule has 0 fully saturated rings. The van der Waals surface area contributed by atoms with Crippen LogP contribution in [0.15, 0.2) is 103 Å². The van der Waals surface area contributed by atoms with E-state index in [4.69, 9.17) is 0 Å². The molecule has 7 nitrogen and oxygen atoms in total. The van der Waals surface area contributed by atoms with E-state index in [0.29, 0.717) is 29.0 Å². The van der Waals surface area contributed by atoms with Gasteiger partial charge in [0.25, 0.3) is 11.8 Å². The first kappa shape index (κ1) is 26.6. The molecule has 38 heavy (non-hydrogen) atoms. The zero-order valence-corrected chi connectivity index (χ0v) is 22.0. The third-order valence-electron chi connectivity index (χ3n) is 5.95. The number of hydrogen-bond donors (Lipinski definition) is 2. The van der Waals surface area contributed by atoms with Crippen molar-refractivity contribution in [2.75, 3.05) is 15.9 Å². The summed E-state index contributed by atoms with van der Waals surface area (Å²) in [6, 6.07) is 30.4. The Labute approximate surface area is 223 Å². The van der Waals surface area contributed by atoms with E-state index in [9.17, 15) is 18.0 Å². The number of carbonyl (C=O) groups is 2. The molecule has 0 unspecified atom stereocenters. The molecule has 0 heterocycles. The van der Waals surface area contributed by atoms with E-state index in [0.717, 1.165) is 16.7 Å². The van der Waals surface area contributed by atoms with Crippen molar-refractivity contribution in [2.45, 2.75) is 20.0 Å². The van der Waals surface area contributed by atoms with Crippen LogP contribution < -0.4 is 14.9 Å². The lowest BCUT2D eigenvalue weighted by Crippen LogP contribution is -2.29. The number of anilines is 2. The van der Waals surface area contributed by atoms with Gasteiger partial charge in [0.05, 0.1) is 29.7 Å². The van der Waals surface area contributed by atoms with Gasteiger partial charge in [-0.3, -0.25) is 13.9 Å². The maximum atomic E-state index is 13.0. The van der Waals surface area contributed by atoms with Crippen LogP contribution in [0, 0.1) is 6.92 Å². The summed E-state index contributed by atoms with van der Waals surface area (Å²) in [7, 11) is -3.52. The van der Waals surface area contributed by atoms with Crippen molar-refractivity contribution in [1.82, 2.24) is 5.32 Å². The summed E-state index contributed by atoms with van der Waals surface area (Å²) in [6.45, 7) is 2.41. The Morgan fingerprint density at radius 3 is 2.13 bits per heavy atom. The predicted octanol–water partition coefficient (Wildman–Crippen LogP) is 5.14. The summed E-state index contributed by atoms with van der Waals surface area (Å²) < 4.78 is 26.3. The first-order valence-electron chi connectivity index (χ1n) is 12.1. The third kappa shape index (κ3) is 6.86. The van der Waals surface area contributed by atoms with Crippen molar-refractivity contribution in [1.29, 1.82) is 0 Å². The largest absolute Gasteiger partial charge is 0.348 e. The van der Waals surface area contributed by atoms with Crippen molar-refractivity contribution < 1.29 is 18.0 Å². The van der Waals surface area contributed by atoms with Gasteiger partial charge in [0.1, 0.15) is 0 Å². The van der Waals surface area contributed by atoms with Crippen LogP contribution in [0.25, 0.3) is 0 Å². The van der Waals surface area contributed by atoms with E-state index in [1.165, 1.54) is 10.6 Å². The lowest BCUT2D eigenvalue weighted by molar-refractivity contribution is 0.0951. The Balaban J connectivity index is 1.45. The first-order valence-corrected chi connectivity index (χ1v) is 13.9. The molecule has 0 atom stereocenters. The molecule has 0 aromatic heterocycles. The van der Waals surface area contributed by atoms with Crippen LogP contribution in [0.3, 0.4) is 0 Å². The van der Waals surface area contributed by atoms with Gasteiger partial charge in [0.2, 0.25) is 10.0 Å². The molecule has 4 aromatic rings. The molecule has 8 heteroatoms. The van der Waals surface area contributed by atoms with Gasteiger partial charge in [-0.05, 0) is 60.0 Å². The number of para-hydroxylation sites is 1. The van der Waals surface area contributed by atoms with Gasteiger partial charge in [0.15, 0.2) is 0 Å². The standard InChI is InChI=1S/C30H29N3O4S/c1-22-9-8-12-26(19-22)33(38(2,36)37)21-24-15-17-25(18-16-24)29(34)32-28-14-7-6-13-27(28)30(35)31-20-23-10-4-3-5-11-23/h3-19H,20-21H2,1-2H3,(H,31,35)(H,32,34). The van der Waals surface area contributed by atoms with Crippen LogP contribution in [-0.4, -0.2) is 26.5 Å². The number of aryl methyl sites for hydroxylation is 1. The zero-order valence-electron chi connectivity index (χ0n) is 21.2. The van der Waals surface area contributed by atoms with Crippen molar-refractivity contribution in [3.63, 3.8) is 0 Å². The minimum absolute atomic E-state index is 0.134. The smallest absolute Gasteiger partial charge is 0.255 e. The number of carbonyl (C=O) groups excluding carboxylic acids is 2. The van der Waals surface area contributed by atoms with E-state index in [-0.39, 0.29) is 18.4 Å². The van der Waals surface area contributed by atoms with Crippen LogP contribution in [-0.2, 0) is 23.1 Å². The van der Waals surface area contributed by atoms with Crippen LogP contribution in [0.2, 0.25) is 0 Å². The highest BCUT2D eigenvalue weighted by Crippen LogP contribution is 2.22. The van der Waals surface area contributed by atoms with Crippen LogP contribution in [0.4, 0.5) is 11.4 Å². The SMILES string of the molecule is Cc1cccc(N(Cc2ccc(C(=O)Nc3ccccc3C(=O)NCc3ccccc3)cc2)S(C)(=O)=O)c1. The van der Waals surface area contributed by atoms with Crippen molar-refractivity contribution in [3.8, 4) is 0 Å². The Morgan fingerprint density at radius 2 is 1.45 bits per heavy atom. The summed E-state index contributed by atoms with van der Waals surface area (Å²) in [4.78, 5) is 25.8. The van der Waals surface area contributed by atoms with E-state index in [1.54, 1.807) is 54.6 Å². The number of amides is 2. The maximum absolute atomic E-state index is 13.0. The Bertz CT molecular complexity index is 1540. The molecule has 2 N–H and O–H groups in total. The fourth-order valence-electron chi connectivity index (χ4n) is 3.97. The van der Waals surface area contributed by atoms with E-state index >= 15 is 0 Å².